The van der Waals surface area contributed by atoms with Crippen LogP contribution in [0.5, 0.6) is 0 Å². The monoisotopic (exact) mass is 429 g/mol. The number of rotatable bonds is 5. The number of hydrogen-bond acceptors (Lipinski definition) is 4. The van der Waals surface area contributed by atoms with Gasteiger partial charge in [0, 0.05) is 36.9 Å². The van der Waals surface area contributed by atoms with Crippen molar-refractivity contribution in [1.29, 1.82) is 0 Å². The molecule has 9 heteroatoms. The van der Waals surface area contributed by atoms with Gasteiger partial charge in [0.05, 0.1) is 0 Å². The Morgan fingerprint density at radius 2 is 1.92 bits per heavy atom. The maximum Gasteiger partial charge on any atom is 0.259 e. The quantitative estimate of drug-likeness (QED) is 0.732. The summed E-state index contributed by atoms with van der Waals surface area (Å²) in [6, 6.07) is 6.69. The molecule has 134 valence electrons. The van der Waals surface area contributed by atoms with Crippen LogP contribution in [0.25, 0.3) is 0 Å². The number of nitrogens with zero attached hydrogens (tertiary/aromatic N) is 3. The van der Waals surface area contributed by atoms with E-state index in [1.807, 2.05) is 0 Å². The number of amides is 1. The molecule has 2 rings (SSSR count). The summed E-state index contributed by atoms with van der Waals surface area (Å²) in [6.07, 6.45) is 1.55. The first-order valence-electron chi connectivity index (χ1n) is 7.34. The van der Waals surface area contributed by atoms with Gasteiger partial charge in [0.15, 0.2) is 0 Å². The van der Waals surface area contributed by atoms with Crippen LogP contribution < -0.4 is 4.90 Å². The van der Waals surface area contributed by atoms with E-state index in [2.05, 4.69) is 20.9 Å². The lowest BCUT2D eigenvalue weighted by Crippen LogP contribution is -2.32. The van der Waals surface area contributed by atoms with Crippen molar-refractivity contribution >= 4 is 37.7 Å². The van der Waals surface area contributed by atoms with E-state index in [-0.39, 0.29) is 5.56 Å². The normalized spacial score (nSPS) is 11.6. The van der Waals surface area contributed by atoms with Crippen LogP contribution in [0.4, 0.5) is 10.2 Å². The van der Waals surface area contributed by atoms with Crippen LogP contribution in [-0.4, -0.2) is 44.3 Å². The molecule has 0 unspecified atom stereocenters. The van der Waals surface area contributed by atoms with Gasteiger partial charge in [-0.1, -0.05) is 0 Å². The molecule has 0 aliphatic rings. The Morgan fingerprint density at radius 1 is 1.24 bits per heavy atom. The van der Waals surface area contributed by atoms with Crippen LogP contribution in [-0.2, 0) is 10.0 Å². The number of anilines is 1. The number of pyridine rings is 1. The first kappa shape index (κ1) is 19.5. The first-order valence-corrected chi connectivity index (χ1v) is 9.57. The van der Waals surface area contributed by atoms with Crippen molar-refractivity contribution in [3.05, 3.63) is 52.4 Å². The minimum absolute atomic E-state index is 0.0633. The molecule has 1 heterocycles. The number of benzene rings is 1. The fourth-order valence-corrected chi connectivity index (χ4v) is 3.34. The minimum Gasteiger partial charge on any atom is -0.293 e. The maximum absolute atomic E-state index is 14.0. The Labute approximate surface area is 154 Å². The lowest BCUT2D eigenvalue weighted by molar-refractivity contribution is 0.0987. The molecule has 1 amide bonds. The molecule has 0 bridgehead atoms. The Morgan fingerprint density at radius 3 is 2.44 bits per heavy atom. The van der Waals surface area contributed by atoms with E-state index in [1.54, 1.807) is 25.3 Å². The van der Waals surface area contributed by atoms with Crippen LogP contribution in [0.3, 0.4) is 0 Å². The van der Waals surface area contributed by atoms with Crippen molar-refractivity contribution in [3.8, 4) is 0 Å². The first-order chi connectivity index (χ1) is 11.7. The minimum atomic E-state index is -4.00. The van der Waals surface area contributed by atoms with Gasteiger partial charge < -0.3 is 0 Å². The number of carbonyl (C=O) groups excluding carboxylic acids is 1. The molecule has 1 aromatic heterocycles. The second kappa shape index (κ2) is 7.59. The molecule has 6 nitrogen and oxygen atoms in total. The highest BCUT2D eigenvalue weighted by Gasteiger charge is 2.25. The van der Waals surface area contributed by atoms with E-state index in [9.17, 15) is 17.6 Å². The average molecular weight is 430 g/mol. The second-order valence-corrected chi connectivity index (χ2v) is 8.35. The van der Waals surface area contributed by atoms with Crippen molar-refractivity contribution in [3.63, 3.8) is 0 Å². The van der Waals surface area contributed by atoms with E-state index in [4.69, 9.17) is 0 Å². The summed E-state index contributed by atoms with van der Waals surface area (Å²) in [5, 5.41) is 0. The Kier molecular flexibility index (Phi) is 5.91. The molecule has 2 aromatic rings. The smallest absolute Gasteiger partial charge is 0.259 e. The molecule has 0 fully saturated rings. The van der Waals surface area contributed by atoms with Gasteiger partial charge in [-0.15, -0.1) is 0 Å². The summed E-state index contributed by atoms with van der Waals surface area (Å²) in [5.41, 5.74) is 0.0633. The average Bonchev–Trinajstić information content (AvgIpc) is 2.57. The van der Waals surface area contributed by atoms with Crippen LogP contribution in [0.2, 0.25) is 0 Å². The predicted octanol–water partition coefficient (Wildman–Crippen LogP) is 2.90. The lowest BCUT2D eigenvalue weighted by atomic mass is 10.2. The maximum atomic E-state index is 14.0. The third-order valence-electron chi connectivity index (χ3n) is 3.49. The molecule has 25 heavy (non-hydrogen) atoms. The van der Waals surface area contributed by atoms with Crippen LogP contribution >= 0.6 is 15.9 Å². The third-order valence-corrected chi connectivity index (χ3v) is 5.79. The molecule has 0 saturated carbocycles. The molecular formula is C16H17BrFN3O3S. The molecule has 0 saturated heterocycles. The van der Waals surface area contributed by atoms with E-state index in [0.29, 0.717) is 12.4 Å². The molecule has 0 spiro atoms. The van der Waals surface area contributed by atoms with Gasteiger partial charge in [-0.2, -0.15) is 0 Å². The fraction of sp³-hybridized carbons (Fsp3) is 0.250. The zero-order valence-electron chi connectivity index (χ0n) is 13.9. The van der Waals surface area contributed by atoms with E-state index in [0.717, 1.165) is 20.9 Å². The predicted molar refractivity (Wildman–Crippen MR) is 96.6 cm³/mol. The van der Waals surface area contributed by atoms with Gasteiger partial charge in [-0.25, -0.2) is 22.1 Å². The number of halogens is 2. The highest BCUT2D eigenvalue weighted by atomic mass is 79.9. The lowest BCUT2D eigenvalue weighted by Gasteiger charge is -2.20. The Bertz CT molecular complexity index is 886. The summed E-state index contributed by atoms with van der Waals surface area (Å²) in [6.45, 7) is 2.09. The van der Waals surface area contributed by atoms with E-state index in [1.165, 1.54) is 25.1 Å². The molecule has 0 aliphatic carbocycles. The largest absolute Gasteiger partial charge is 0.293 e. The topological polar surface area (TPSA) is 70.6 Å². The van der Waals surface area contributed by atoms with Crippen LogP contribution in [0, 0.1) is 5.82 Å². The number of aromatic nitrogens is 1. The zero-order valence-corrected chi connectivity index (χ0v) is 16.3. The number of carbonyl (C=O) groups is 1. The number of sulfonamides is 1. The van der Waals surface area contributed by atoms with Gasteiger partial charge in [0.25, 0.3) is 5.91 Å². The van der Waals surface area contributed by atoms with Gasteiger partial charge in [-0.3, -0.25) is 9.69 Å². The number of hydrogen-bond donors (Lipinski definition) is 0. The summed E-state index contributed by atoms with van der Waals surface area (Å²) >= 11 is 3.27. The van der Waals surface area contributed by atoms with Crippen molar-refractivity contribution in [2.45, 2.75) is 11.8 Å². The molecule has 0 aliphatic heterocycles. The molecule has 0 radical (unpaired) electrons. The van der Waals surface area contributed by atoms with Crippen LogP contribution in [0.15, 0.2) is 45.9 Å². The molecule has 1 aromatic carbocycles. The Balaban J connectivity index is 2.47. The summed E-state index contributed by atoms with van der Waals surface area (Å²) in [4.78, 5) is 17.8. The van der Waals surface area contributed by atoms with Crippen LogP contribution in [0.1, 0.15) is 17.3 Å². The summed E-state index contributed by atoms with van der Waals surface area (Å²) < 4.78 is 40.1. The highest BCUT2D eigenvalue weighted by molar-refractivity contribution is 9.10. The van der Waals surface area contributed by atoms with Gasteiger partial charge >= 0.3 is 0 Å². The fourth-order valence-electron chi connectivity index (χ4n) is 2.12. The molecule has 0 N–H and O–H groups in total. The zero-order chi connectivity index (χ0) is 18.8. The van der Waals surface area contributed by atoms with E-state index < -0.39 is 26.6 Å². The van der Waals surface area contributed by atoms with Crippen molar-refractivity contribution < 1.29 is 17.6 Å². The van der Waals surface area contributed by atoms with Gasteiger partial charge in [0.2, 0.25) is 10.0 Å². The van der Waals surface area contributed by atoms with Crippen molar-refractivity contribution in [1.82, 2.24) is 9.29 Å². The summed E-state index contributed by atoms with van der Waals surface area (Å²) in [7, 11) is -1.40. The molecular weight excluding hydrogens is 413 g/mol. The van der Waals surface area contributed by atoms with Gasteiger partial charge in [-0.05, 0) is 53.2 Å². The molecule has 0 atom stereocenters. The van der Waals surface area contributed by atoms with Crippen molar-refractivity contribution in [2.24, 2.45) is 0 Å². The Hall–Kier alpha value is -1.84. The highest BCUT2D eigenvalue weighted by Crippen LogP contribution is 2.22. The van der Waals surface area contributed by atoms with Gasteiger partial charge in [0.1, 0.15) is 16.5 Å². The van der Waals surface area contributed by atoms with E-state index >= 15 is 0 Å². The standard InChI is InChI=1S/C16H17BrFN3O3S/c1-4-21(15-8-6-12(17)10-19-15)16(22)11-5-7-13(18)14(9-11)25(23,24)20(2)3/h5-10H,4H2,1-3H3. The summed E-state index contributed by atoms with van der Waals surface area (Å²) in [5.74, 6) is -0.959. The van der Waals surface area contributed by atoms with Crippen molar-refractivity contribution in [2.75, 3.05) is 25.5 Å². The third kappa shape index (κ3) is 4.05. The second-order valence-electron chi connectivity index (χ2n) is 5.32. The SMILES string of the molecule is CCN(C(=O)c1ccc(F)c(S(=O)(=O)N(C)C)c1)c1ccc(Br)cn1.